The molecule has 0 N–H and O–H groups in total. The van der Waals surface area contributed by atoms with Crippen LogP contribution in [0.25, 0.3) is 0 Å². The summed E-state index contributed by atoms with van der Waals surface area (Å²) in [5.74, 6) is 0.112. The van der Waals surface area contributed by atoms with Crippen LogP contribution in [0.3, 0.4) is 0 Å². The predicted octanol–water partition coefficient (Wildman–Crippen LogP) is 5.23. The zero-order chi connectivity index (χ0) is 15.6. The molecular formula is C15H12Br2F2O2. The van der Waals surface area contributed by atoms with Gasteiger partial charge < -0.3 is 9.47 Å². The van der Waals surface area contributed by atoms with E-state index in [0.29, 0.717) is 17.1 Å². The molecule has 112 valence electrons. The molecule has 0 amide bonds. The summed E-state index contributed by atoms with van der Waals surface area (Å²) in [6.07, 6.45) is 0. The predicted molar refractivity (Wildman–Crippen MR) is 84.4 cm³/mol. The standard InChI is InChI=1S/C15H12Br2F2O2/c1-20-8-3-4-14(21-2)10(5-8)15(17)9-6-13(19)11(16)7-12(9)18/h3-7,15H,1-2H3. The van der Waals surface area contributed by atoms with Crippen LogP contribution in [0.1, 0.15) is 16.0 Å². The molecule has 21 heavy (non-hydrogen) atoms. The van der Waals surface area contributed by atoms with E-state index in [0.717, 1.165) is 12.1 Å². The number of benzene rings is 2. The number of hydrogen-bond donors (Lipinski definition) is 0. The van der Waals surface area contributed by atoms with E-state index < -0.39 is 16.5 Å². The van der Waals surface area contributed by atoms with Gasteiger partial charge >= 0.3 is 0 Å². The fourth-order valence-electron chi connectivity index (χ4n) is 1.94. The lowest BCUT2D eigenvalue weighted by molar-refractivity contribution is 0.399. The number of halogens is 4. The van der Waals surface area contributed by atoms with Crippen molar-refractivity contribution in [2.75, 3.05) is 14.2 Å². The van der Waals surface area contributed by atoms with Crippen LogP contribution in [0.2, 0.25) is 0 Å². The molecule has 0 saturated heterocycles. The Morgan fingerprint density at radius 1 is 0.952 bits per heavy atom. The van der Waals surface area contributed by atoms with Gasteiger partial charge in [0.25, 0.3) is 0 Å². The van der Waals surface area contributed by atoms with Crippen LogP contribution in [-0.4, -0.2) is 14.2 Å². The average Bonchev–Trinajstić information content (AvgIpc) is 2.49. The van der Waals surface area contributed by atoms with Gasteiger partial charge in [0.1, 0.15) is 23.1 Å². The van der Waals surface area contributed by atoms with Crippen LogP contribution in [-0.2, 0) is 0 Å². The molecule has 1 atom stereocenters. The van der Waals surface area contributed by atoms with Crippen LogP contribution in [0.5, 0.6) is 11.5 Å². The second kappa shape index (κ2) is 6.75. The summed E-state index contributed by atoms with van der Waals surface area (Å²) in [6.45, 7) is 0. The Labute approximate surface area is 138 Å². The summed E-state index contributed by atoms with van der Waals surface area (Å²) in [6, 6.07) is 7.43. The van der Waals surface area contributed by atoms with Crippen LogP contribution >= 0.6 is 31.9 Å². The van der Waals surface area contributed by atoms with Gasteiger partial charge in [-0.15, -0.1) is 0 Å². The average molecular weight is 422 g/mol. The maximum atomic E-state index is 14.1. The van der Waals surface area contributed by atoms with Gasteiger partial charge in [-0.3, -0.25) is 0 Å². The van der Waals surface area contributed by atoms with E-state index in [-0.39, 0.29) is 10.0 Å². The van der Waals surface area contributed by atoms with Gasteiger partial charge in [0.05, 0.1) is 23.5 Å². The van der Waals surface area contributed by atoms with Crippen molar-refractivity contribution in [1.29, 1.82) is 0 Å². The molecule has 1 unspecified atom stereocenters. The van der Waals surface area contributed by atoms with Crippen LogP contribution in [0.15, 0.2) is 34.8 Å². The van der Waals surface area contributed by atoms with Gasteiger partial charge in [-0.05, 0) is 46.3 Å². The molecule has 6 heteroatoms. The van der Waals surface area contributed by atoms with Gasteiger partial charge in [-0.1, -0.05) is 15.9 Å². The molecule has 2 rings (SSSR count). The Morgan fingerprint density at radius 3 is 2.29 bits per heavy atom. The van der Waals surface area contributed by atoms with E-state index in [1.165, 1.54) is 14.2 Å². The molecule has 0 bridgehead atoms. The molecule has 0 radical (unpaired) electrons. The van der Waals surface area contributed by atoms with Gasteiger partial charge in [0, 0.05) is 11.1 Å². The maximum absolute atomic E-state index is 14.1. The summed E-state index contributed by atoms with van der Waals surface area (Å²) in [4.78, 5) is -0.565. The molecule has 0 aliphatic heterocycles. The Balaban J connectivity index is 2.53. The molecule has 0 spiro atoms. The van der Waals surface area contributed by atoms with E-state index in [4.69, 9.17) is 9.47 Å². The molecule has 2 aromatic rings. The molecule has 0 aliphatic carbocycles. The highest BCUT2D eigenvalue weighted by molar-refractivity contribution is 9.10. The van der Waals surface area contributed by atoms with Crippen molar-refractivity contribution in [2.24, 2.45) is 0 Å². The normalized spacial score (nSPS) is 12.1. The lowest BCUT2D eigenvalue weighted by Gasteiger charge is -2.17. The summed E-state index contributed by atoms with van der Waals surface area (Å²) < 4.78 is 38.3. The first-order chi connectivity index (χ1) is 9.97. The van der Waals surface area contributed by atoms with Crippen LogP contribution in [0, 0.1) is 11.6 Å². The van der Waals surface area contributed by atoms with Gasteiger partial charge in [0.2, 0.25) is 0 Å². The molecular weight excluding hydrogens is 410 g/mol. The zero-order valence-electron chi connectivity index (χ0n) is 11.3. The highest BCUT2D eigenvalue weighted by Crippen LogP contribution is 2.40. The molecule has 0 aliphatic rings. The van der Waals surface area contributed by atoms with E-state index in [1.54, 1.807) is 18.2 Å². The van der Waals surface area contributed by atoms with Crippen molar-refractivity contribution in [3.05, 3.63) is 57.6 Å². The van der Waals surface area contributed by atoms with Crippen LogP contribution < -0.4 is 9.47 Å². The van der Waals surface area contributed by atoms with Crippen molar-refractivity contribution in [3.8, 4) is 11.5 Å². The van der Waals surface area contributed by atoms with E-state index in [1.807, 2.05) is 0 Å². The molecule has 2 aromatic carbocycles. The Kier molecular flexibility index (Phi) is 5.22. The molecule has 0 fully saturated rings. The zero-order valence-corrected chi connectivity index (χ0v) is 14.5. The van der Waals surface area contributed by atoms with Crippen molar-refractivity contribution in [1.82, 2.24) is 0 Å². The summed E-state index contributed by atoms with van der Waals surface area (Å²) in [5.41, 5.74) is 0.833. The van der Waals surface area contributed by atoms with Gasteiger partial charge in [-0.25, -0.2) is 8.78 Å². The Morgan fingerprint density at radius 2 is 1.67 bits per heavy atom. The van der Waals surface area contributed by atoms with Gasteiger partial charge in [0.15, 0.2) is 0 Å². The number of hydrogen-bond acceptors (Lipinski definition) is 2. The minimum atomic E-state index is -0.565. The summed E-state index contributed by atoms with van der Waals surface area (Å²) in [5, 5.41) is 0. The third-order valence-corrected chi connectivity index (χ3v) is 4.62. The SMILES string of the molecule is COc1ccc(OC)c(C(Br)c2cc(F)c(Br)cc2F)c1. The first-order valence-corrected chi connectivity index (χ1v) is 7.69. The van der Waals surface area contributed by atoms with Crippen molar-refractivity contribution >= 4 is 31.9 Å². The maximum Gasteiger partial charge on any atom is 0.137 e. The van der Waals surface area contributed by atoms with Crippen molar-refractivity contribution in [2.45, 2.75) is 4.83 Å². The number of methoxy groups -OCH3 is 2. The fraction of sp³-hybridized carbons (Fsp3) is 0.200. The number of alkyl halides is 1. The van der Waals surface area contributed by atoms with E-state index in [2.05, 4.69) is 31.9 Å². The van der Waals surface area contributed by atoms with E-state index >= 15 is 0 Å². The third kappa shape index (κ3) is 3.37. The second-order valence-electron chi connectivity index (χ2n) is 4.26. The van der Waals surface area contributed by atoms with E-state index in [9.17, 15) is 8.78 Å². The minimum absolute atomic E-state index is 0.0843. The first-order valence-electron chi connectivity index (χ1n) is 5.98. The monoisotopic (exact) mass is 420 g/mol. The topological polar surface area (TPSA) is 18.5 Å². The summed E-state index contributed by atoms with van der Waals surface area (Å²) in [7, 11) is 3.05. The lowest BCUT2D eigenvalue weighted by atomic mass is 10.0. The minimum Gasteiger partial charge on any atom is -0.497 e. The fourth-order valence-corrected chi connectivity index (χ4v) is 2.96. The van der Waals surface area contributed by atoms with Gasteiger partial charge in [-0.2, -0.15) is 0 Å². The quantitative estimate of drug-likeness (QED) is 0.497. The van der Waals surface area contributed by atoms with Crippen molar-refractivity contribution in [3.63, 3.8) is 0 Å². The molecule has 0 heterocycles. The molecule has 0 aromatic heterocycles. The Bertz CT molecular complexity index is 662. The number of rotatable bonds is 4. The highest BCUT2D eigenvalue weighted by atomic mass is 79.9. The van der Waals surface area contributed by atoms with Crippen molar-refractivity contribution < 1.29 is 18.3 Å². The first kappa shape index (κ1) is 16.2. The van der Waals surface area contributed by atoms with Crippen LogP contribution in [0.4, 0.5) is 8.78 Å². The Hall–Kier alpha value is -1.14. The second-order valence-corrected chi connectivity index (χ2v) is 6.03. The largest absolute Gasteiger partial charge is 0.497 e. The highest BCUT2D eigenvalue weighted by Gasteiger charge is 2.21. The molecule has 0 saturated carbocycles. The number of ether oxygens (including phenoxy) is 2. The smallest absolute Gasteiger partial charge is 0.137 e. The lowest BCUT2D eigenvalue weighted by Crippen LogP contribution is -2.01. The summed E-state index contributed by atoms with van der Waals surface area (Å²) >= 11 is 6.36. The molecule has 2 nitrogen and oxygen atoms in total. The third-order valence-electron chi connectivity index (χ3n) is 3.02.